The molecule has 152 valence electrons. The number of esters is 1. The molecule has 2 aliphatic rings. The van der Waals surface area contributed by atoms with Gasteiger partial charge in [0, 0.05) is 12.3 Å². The van der Waals surface area contributed by atoms with Crippen LogP contribution in [0.3, 0.4) is 0 Å². The minimum absolute atomic E-state index is 0.0475. The van der Waals surface area contributed by atoms with Gasteiger partial charge in [0.25, 0.3) is 0 Å². The molecule has 0 unspecified atom stereocenters. The molecule has 2 aliphatic heterocycles. The Labute approximate surface area is 163 Å². The van der Waals surface area contributed by atoms with Gasteiger partial charge in [0.1, 0.15) is 6.61 Å². The van der Waals surface area contributed by atoms with Crippen molar-refractivity contribution >= 4 is 5.97 Å². The summed E-state index contributed by atoms with van der Waals surface area (Å²) in [4.78, 5) is 12.3. The van der Waals surface area contributed by atoms with Gasteiger partial charge in [-0.1, -0.05) is 18.7 Å². The Balaban J connectivity index is 1.70. The number of hydrogen-bond donors (Lipinski definition) is 1. The summed E-state index contributed by atoms with van der Waals surface area (Å²) < 4.78 is 32.4. The molecule has 1 aromatic rings. The second-order valence-electron chi connectivity index (χ2n) is 6.13. The smallest absolute Gasteiger partial charge is 0.373 e. The lowest BCUT2D eigenvalue weighted by Gasteiger charge is -2.29. The number of rotatable bonds is 10. The Bertz CT molecular complexity index is 714. The fourth-order valence-electron chi connectivity index (χ4n) is 2.89. The van der Waals surface area contributed by atoms with E-state index >= 15 is 0 Å². The van der Waals surface area contributed by atoms with E-state index in [9.17, 15) is 4.79 Å². The Morgan fingerprint density at radius 3 is 2.93 bits per heavy atom. The molecule has 8 heteroatoms. The van der Waals surface area contributed by atoms with Gasteiger partial charge in [-0.3, -0.25) is 0 Å². The average Bonchev–Trinajstić information content (AvgIpc) is 3.19. The Morgan fingerprint density at radius 1 is 1.25 bits per heavy atom. The topological polar surface area (TPSA) is 92.7 Å². The van der Waals surface area contributed by atoms with Crippen LogP contribution in [0.1, 0.15) is 17.9 Å². The fourth-order valence-corrected chi connectivity index (χ4v) is 2.89. The van der Waals surface area contributed by atoms with E-state index in [0.29, 0.717) is 24.5 Å². The lowest BCUT2D eigenvalue weighted by Crippen LogP contribution is -2.29. The maximum atomic E-state index is 12.3. The summed E-state index contributed by atoms with van der Waals surface area (Å²) in [5, 5.41) is 8.73. The van der Waals surface area contributed by atoms with Crippen LogP contribution in [0.15, 0.2) is 42.7 Å². The zero-order chi connectivity index (χ0) is 19.8. The van der Waals surface area contributed by atoms with E-state index in [2.05, 4.69) is 6.58 Å². The normalized spacial score (nSPS) is 20.2. The van der Waals surface area contributed by atoms with E-state index in [-0.39, 0.29) is 44.9 Å². The predicted octanol–water partition coefficient (Wildman–Crippen LogP) is 1.88. The second kappa shape index (κ2) is 10.1. The highest BCUT2D eigenvalue weighted by atomic mass is 16.7. The van der Waals surface area contributed by atoms with Crippen molar-refractivity contribution in [2.24, 2.45) is 0 Å². The number of benzene rings is 1. The number of aliphatic hydroxyl groups is 1. The van der Waals surface area contributed by atoms with Crippen LogP contribution in [0, 0.1) is 0 Å². The molecule has 28 heavy (non-hydrogen) atoms. The lowest BCUT2D eigenvalue weighted by molar-refractivity contribution is -0.163. The largest absolute Gasteiger partial charge is 0.458 e. The Hall–Kier alpha value is -2.55. The van der Waals surface area contributed by atoms with E-state index < -0.39 is 12.3 Å². The van der Waals surface area contributed by atoms with Crippen molar-refractivity contribution in [3.05, 3.63) is 48.3 Å². The summed E-state index contributed by atoms with van der Waals surface area (Å²) in [7, 11) is 0. The first-order valence-electron chi connectivity index (χ1n) is 9.07. The number of aliphatic hydroxyl groups excluding tert-OH is 1. The first-order valence-corrected chi connectivity index (χ1v) is 9.07. The summed E-state index contributed by atoms with van der Waals surface area (Å²) in [5.41, 5.74) is 0.951. The number of hydrogen-bond acceptors (Lipinski definition) is 8. The summed E-state index contributed by atoms with van der Waals surface area (Å²) in [6.45, 7) is 4.60. The third-order valence-corrected chi connectivity index (χ3v) is 4.18. The maximum Gasteiger partial charge on any atom is 0.373 e. The molecular weight excluding hydrogens is 368 g/mol. The third-order valence-electron chi connectivity index (χ3n) is 4.18. The molecule has 0 aliphatic carbocycles. The quantitative estimate of drug-likeness (QED) is 0.367. The van der Waals surface area contributed by atoms with E-state index in [0.717, 1.165) is 5.56 Å². The lowest BCUT2D eigenvalue weighted by atomic mass is 9.92. The van der Waals surface area contributed by atoms with Crippen LogP contribution < -0.4 is 9.47 Å². The van der Waals surface area contributed by atoms with Crippen molar-refractivity contribution in [3.8, 4) is 11.5 Å². The summed E-state index contributed by atoms with van der Waals surface area (Å²) in [6, 6.07) is 5.66. The van der Waals surface area contributed by atoms with Gasteiger partial charge in [0.2, 0.25) is 18.8 Å². The van der Waals surface area contributed by atoms with Crippen LogP contribution >= 0.6 is 0 Å². The fraction of sp³-hybridized carbons (Fsp3) is 0.450. The third kappa shape index (κ3) is 5.25. The van der Waals surface area contributed by atoms with Crippen LogP contribution in [-0.2, 0) is 23.7 Å². The molecule has 0 fully saturated rings. The molecular formula is C20H24O8. The minimum Gasteiger partial charge on any atom is -0.458 e. The standard InChI is InChI=1S/C20H24O8/c1-2-6-25-20(22)18-11-15(12-19(28-18)24-9-8-23-7-5-21)14-3-4-16-17(10-14)27-13-26-16/h2-4,10-11,15,19,21H,1,5-9,12-13H2/t15-,19+/m1/s1. The summed E-state index contributed by atoms with van der Waals surface area (Å²) >= 11 is 0. The maximum absolute atomic E-state index is 12.3. The number of carbonyl (C=O) groups is 1. The Kier molecular flexibility index (Phi) is 7.30. The first-order chi connectivity index (χ1) is 13.7. The monoisotopic (exact) mass is 392 g/mol. The molecule has 0 aromatic heterocycles. The van der Waals surface area contributed by atoms with Gasteiger partial charge >= 0.3 is 5.97 Å². The molecule has 3 rings (SSSR count). The number of ether oxygens (including phenoxy) is 6. The second-order valence-corrected chi connectivity index (χ2v) is 6.13. The molecule has 0 amide bonds. The van der Waals surface area contributed by atoms with Crippen molar-refractivity contribution in [1.29, 1.82) is 0 Å². The van der Waals surface area contributed by atoms with Gasteiger partial charge in [-0.2, -0.15) is 0 Å². The van der Waals surface area contributed by atoms with Crippen LogP contribution in [0.25, 0.3) is 0 Å². The minimum atomic E-state index is -0.635. The van der Waals surface area contributed by atoms with Crippen molar-refractivity contribution in [1.82, 2.24) is 0 Å². The Morgan fingerprint density at radius 2 is 2.11 bits per heavy atom. The molecule has 0 bridgehead atoms. The van der Waals surface area contributed by atoms with Gasteiger partial charge in [-0.15, -0.1) is 0 Å². The van der Waals surface area contributed by atoms with Gasteiger partial charge in [-0.25, -0.2) is 4.79 Å². The van der Waals surface area contributed by atoms with E-state index in [1.165, 1.54) is 6.08 Å². The zero-order valence-electron chi connectivity index (χ0n) is 15.5. The van der Waals surface area contributed by atoms with Crippen LogP contribution in [0.2, 0.25) is 0 Å². The summed E-state index contributed by atoms with van der Waals surface area (Å²) in [6.07, 6.45) is 3.09. The molecule has 0 saturated carbocycles. The molecule has 8 nitrogen and oxygen atoms in total. The van der Waals surface area contributed by atoms with Crippen molar-refractivity contribution < 1.29 is 38.3 Å². The zero-order valence-corrected chi connectivity index (χ0v) is 15.5. The predicted molar refractivity (Wildman–Crippen MR) is 97.9 cm³/mol. The molecule has 0 saturated heterocycles. The number of fused-ring (bicyclic) bond motifs is 1. The van der Waals surface area contributed by atoms with E-state index in [4.69, 9.17) is 33.5 Å². The van der Waals surface area contributed by atoms with Gasteiger partial charge in [0.05, 0.1) is 26.4 Å². The van der Waals surface area contributed by atoms with E-state index in [1.807, 2.05) is 18.2 Å². The summed E-state index contributed by atoms with van der Waals surface area (Å²) in [5.74, 6) is 0.757. The molecule has 0 spiro atoms. The molecule has 2 heterocycles. The van der Waals surface area contributed by atoms with Gasteiger partial charge < -0.3 is 33.5 Å². The first kappa shape index (κ1) is 20.2. The molecule has 2 atom stereocenters. The van der Waals surface area contributed by atoms with Crippen LogP contribution in [-0.4, -0.2) is 57.2 Å². The highest BCUT2D eigenvalue weighted by Gasteiger charge is 2.30. The molecule has 0 radical (unpaired) electrons. The molecule has 1 aromatic carbocycles. The van der Waals surface area contributed by atoms with E-state index in [1.54, 1.807) is 6.08 Å². The average molecular weight is 392 g/mol. The number of carbonyl (C=O) groups excluding carboxylic acids is 1. The number of allylic oxidation sites excluding steroid dienone is 1. The van der Waals surface area contributed by atoms with Crippen molar-refractivity contribution in [2.75, 3.05) is 39.8 Å². The van der Waals surface area contributed by atoms with Crippen LogP contribution in [0.5, 0.6) is 11.5 Å². The van der Waals surface area contributed by atoms with Gasteiger partial charge in [0.15, 0.2) is 11.5 Å². The van der Waals surface area contributed by atoms with Gasteiger partial charge in [-0.05, 0) is 23.8 Å². The van der Waals surface area contributed by atoms with Crippen molar-refractivity contribution in [3.63, 3.8) is 0 Å². The van der Waals surface area contributed by atoms with Crippen LogP contribution in [0.4, 0.5) is 0 Å². The highest BCUT2D eigenvalue weighted by Crippen LogP contribution is 2.38. The highest BCUT2D eigenvalue weighted by molar-refractivity contribution is 5.86. The molecule has 1 N–H and O–H groups in total. The van der Waals surface area contributed by atoms with Crippen molar-refractivity contribution in [2.45, 2.75) is 18.6 Å². The SMILES string of the molecule is C=CCOC(=O)C1=C[C@@H](c2ccc3c(c2)OCO3)C[C@@H](OCCOCCO)O1.